The maximum atomic E-state index is 12.5. The average Bonchev–Trinajstić information content (AvgIpc) is 2.83. The van der Waals surface area contributed by atoms with Crippen molar-refractivity contribution in [1.29, 1.82) is 0 Å². The molecule has 1 aromatic rings. The number of hydrogen-bond acceptors (Lipinski definition) is 3. The zero-order valence-corrected chi connectivity index (χ0v) is 14.8. The lowest BCUT2D eigenvalue weighted by molar-refractivity contribution is 0.0783. The van der Waals surface area contributed by atoms with E-state index in [1.54, 1.807) is 12.4 Å². The number of nitrogens with two attached hydrogens (primary N) is 1. The van der Waals surface area contributed by atoms with Crippen LogP contribution in [0.15, 0.2) is 22.9 Å². The molecule has 1 aliphatic carbocycles. The Labute approximate surface area is 145 Å². The van der Waals surface area contributed by atoms with Gasteiger partial charge in [0.25, 0.3) is 5.91 Å². The summed E-state index contributed by atoms with van der Waals surface area (Å²) in [5.74, 6) is 1.15. The van der Waals surface area contributed by atoms with E-state index in [-0.39, 0.29) is 36.8 Å². The molecule has 2 aliphatic rings. The van der Waals surface area contributed by atoms with Gasteiger partial charge in [-0.1, -0.05) is 6.42 Å². The van der Waals surface area contributed by atoms with Crippen molar-refractivity contribution in [2.75, 3.05) is 13.1 Å². The summed E-state index contributed by atoms with van der Waals surface area (Å²) in [4.78, 5) is 18.5. The number of likely N-dealkylation sites (tertiary alicyclic amines) is 1. The van der Waals surface area contributed by atoms with Gasteiger partial charge in [-0.25, -0.2) is 0 Å². The Hall–Kier alpha value is -0.360. The molecule has 1 amide bonds. The van der Waals surface area contributed by atoms with E-state index in [4.69, 9.17) is 5.73 Å². The van der Waals surface area contributed by atoms with E-state index in [1.807, 2.05) is 11.0 Å². The maximum absolute atomic E-state index is 12.5. The van der Waals surface area contributed by atoms with Crippen molar-refractivity contribution in [1.82, 2.24) is 9.88 Å². The first-order chi connectivity index (χ1) is 9.15. The zero-order valence-electron chi connectivity index (χ0n) is 11.6. The fourth-order valence-corrected chi connectivity index (χ4v) is 3.76. The molecule has 1 aliphatic heterocycles. The van der Waals surface area contributed by atoms with E-state index >= 15 is 0 Å². The molecule has 0 bridgehead atoms. The van der Waals surface area contributed by atoms with Crippen LogP contribution in [0.1, 0.15) is 29.6 Å². The molecule has 2 fully saturated rings. The summed E-state index contributed by atoms with van der Waals surface area (Å²) in [5.41, 5.74) is 6.84. The Morgan fingerprint density at radius 1 is 1.29 bits per heavy atom. The number of aromatic nitrogens is 1. The van der Waals surface area contributed by atoms with Crippen LogP contribution in [-0.4, -0.2) is 34.9 Å². The summed E-state index contributed by atoms with van der Waals surface area (Å²) in [6.07, 6.45) is 6.83. The molecule has 2 heterocycles. The number of hydrogen-bond donors (Lipinski definition) is 1. The fraction of sp³-hybridized carbons (Fsp3) is 0.571. The molecule has 21 heavy (non-hydrogen) atoms. The van der Waals surface area contributed by atoms with Crippen LogP contribution < -0.4 is 5.73 Å². The van der Waals surface area contributed by atoms with Crippen molar-refractivity contribution in [3.8, 4) is 0 Å². The quantitative estimate of drug-likeness (QED) is 0.793. The predicted octanol–water partition coefficient (Wildman–Crippen LogP) is 2.89. The van der Waals surface area contributed by atoms with E-state index in [0.717, 1.165) is 24.0 Å². The minimum Gasteiger partial charge on any atom is -0.338 e. The predicted molar refractivity (Wildman–Crippen MR) is 91.1 cm³/mol. The molecule has 1 saturated carbocycles. The van der Waals surface area contributed by atoms with Gasteiger partial charge in [-0.3, -0.25) is 9.78 Å². The van der Waals surface area contributed by atoms with Gasteiger partial charge < -0.3 is 10.6 Å². The minimum absolute atomic E-state index is 0. The Bertz CT molecular complexity index is 503. The van der Waals surface area contributed by atoms with Crippen LogP contribution >= 0.6 is 40.7 Å². The molecule has 2 N–H and O–H groups in total. The second kappa shape index (κ2) is 7.77. The van der Waals surface area contributed by atoms with Gasteiger partial charge >= 0.3 is 0 Å². The Morgan fingerprint density at radius 3 is 2.71 bits per heavy atom. The van der Waals surface area contributed by atoms with E-state index in [9.17, 15) is 4.79 Å². The first-order valence-corrected chi connectivity index (χ1v) is 7.60. The van der Waals surface area contributed by atoms with E-state index in [2.05, 4.69) is 20.9 Å². The van der Waals surface area contributed by atoms with E-state index in [0.29, 0.717) is 17.4 Å². The first-order valence-electron chi connectivity index (χ1n) is 6.80. The summed E-state index contributed by atoms with van der Waals surface area (Å²) in [5, 5.41) is 0. The smallest absolute Gasteiger partial charge is 0.255 e. The number of carbonyl (C=O) groups excluding carboxylic acids is 1. The maximum Gasteiger partial charge on any atom is 0.255 e. The van der Waals surface area contributed by atoms with Crippen LogP contribution in [0.3, 0.4) is 0 Å². The molecular weight excluding hydrogens is 377 g/mol. The van der Waals surface area contributed by atoms with Crippen molar-refractivity contribution in [3.05, 3.63) is 28.5 Å². The normalized spacial score (nSPS) is 27.3. The summed E-state index contributed by atoms with van der Waals surface area (Å²) < 4.78 is 0.840. The fourth-order valence-electron chi connectivity index (χ4n) is 3.39. The number of amides is 1. The molecule has 7 heteroatoms. The summed E-state index contributed by atoms with van der Waals surface area (Å²) >= 11 is 3.36. The van der Waals surface area contributed by atoms with Crippen molar-refractivity contribution >= 4 is 46.7 Å². The summed E-state index contributed by atoms with van der Waals surface area (Å²) in [6, 6.07) is 2.09. The first kappa shape index (κ1) is 18.7. The Balaban J connectivity index is 0.00000110. The number of fused-ring (bicyclic) bond motifs is 1. The van der Waals surface area contributed by atoms with E-state index in [1.165, 1.54) is 12.8 Å². The highest BCUT2D eigenvalue weighted by atomic mass is 79.9. The highest BCUT2D eigenvalue weighted by Gasteiger charge is 2.40. The van der Waals surface area contributed by atoms with Crippen molar-refractivity contribution < 1.29 is 4.79 Å². The van der Waals surface area contributed by atoms with Gasteiger partial charge in [0.15, 0.2) is 0 Å². The molecule has 0 aromatic carbocycles. The summed E-state index contributed by atoms with van der Waals surface area (Å²) in [6.45, 7) is 1.65. The SMILES string of the molecule is Cl.Cl.NC1CCCC2CN(C(=O)c3cncc(Br)c3)CC12. The lowest BCUT2D eigenvalue weighted by Crippen LogP contribution is -2.38. The third-order valence-corrected chi connectivity index (χ3v) is 4.83. The van der Waals surface area contributed by atoms with Crippen LogP contribution in [-0.2, 0) is 0 Å². The number of nitrogens with zero attached hydrogens (tertiary/aromatic N) is 2. The molecule has 0 spiro atoms. The molecule has 1 aromatic heterocycles. The van der Waals surface area contributed by atoms with Crippen LogP contribution in [0.2, 0.25) is 0 Å². The second-order valence-electron chi connectivity index (χ2n) is 5.62. The van der Waals surface area contributed by atoms with Gasteiger partial charge in [-0.05, 0) is 46.7 Å². The highest BCUT2D eigenvalue weighted by Crippen LogP contribution is 2.36. The van der Waals surface area contributed by atoms with Gasteiger partial charge in [0.05, 0.1) is 5.56 Å². The number of rotatable bonds is 1. The average molecular weight is 397 g/mol. The molecule has 1 saturated heterocycles. The Kier molecular flexibility index (Phi) is 6.91. The molecule has 118 valence electrons. The van der Waals surface area contributed by atoms with Gasteiger partial charge in [0, 0.05) is 36.0 Å². The number of pyridine rings is 1. The lowest BCUT2D eigenvalue weighted by Gasteiger charge is -2.29. The standard InChI is InChI=1S/C14H18BrN3O.2ClH/c15-11-4-10(5-17-6-11)14(19)18-7-9-2-1-3-13(16)12(9)8-18;;/h4-6,9,12-13H,1-3,7-8,16H2;2*1H. The number of halogens is 3. The van der Waals surface area contributed by atoms with Crippen molar-refractivity contribution in [2.45, 2.75) is 25.3 Å². The van der Waals surface area contributed by atoms with Crippen LogP contribution in [0.5, 0.6) is 0 Å². The molecular formula is C14H20BrCl2N3O. The Morgan fingerprint density at radius 2 is 2.05 bits per heavy atom. The van der Waals surface area contributed by atoms with Crippen LogP contribution in [0, 0.1) is 11.8 Å². The minimum atomic E-state index is 0. The topological polar surface area (TPSA) is 59.2 Å². The molecule has 3 unspecified atom stereocenters. The molecule has 4 nitrogen and oxygen atoms in total. The van der Waals surface area contributed by atoms with Gasteiger partial charge in [0.1, 0.15) is 0 Å². The van der Waals surface area contributed by atoms with Crippen LogP contribution in [0.25, 0.3) is 0 Å². The van der Waals surface area contributed by atoms with Crippen LogP contribution in [0.4, 0.5) is 0 Å². The third-order valence-electron chi connectivity index (χ3n) is 4.39. The molecule has 3 atom stereocenters. The third kappa shape index (κ3) is 3.89. The van der Waals surface area contributed by atoms with Crippen molar-refractivity contribution in [2.24, 2.45) is 17.6 Å². The molecule has 3 rings (SSSR count). The highest BCUT2D eigenvalue weighted by molar-refractivity contribution is 9.10. The van der Waals surface area contributed by atoms with E-state index < -0.39 is 0 Å². The van der Waals surface area contributed by atoms with Gasteiger partial charge in [-0.15, -0.1) is 24.8 Å². The second-order valence-corrected chi connectivity index (χ2v) is 6.54. The van der Waals surface area contributed by atoms with Gasteiger partial charge in [0.2, 0.25) is 0 Å². The monoisotopic (exact) mass is 395 g/mol. The largest absolute Gasteiger partial charge is 0.338 e. The molecule has 0 radical (unpaired) electrons. The number of carbonyl (C=O) groups is 1. The summed E-state index contributed by atoms with van der Waals surface area (Å²) in [7, 11) is 0. The zero-order chi connectivity index (χ0) is 13.4. The van der Waals surface area contributed by atoms with Crippen molar-refractivity contribution in [3.63, 3.8) is 0 Å². The van der Waals surface area contributed by atoms with Gasteiger partial charge in [-0.2, -0.15) is 0 Å². The lowest BCUT2D eigenvalue weighted by atomic mass is 9.78.